The van der Waals surface area contributed by atoms with Crippen LogP contribution in [0.25, 0.3) is 0 Å². The van der Waals surface area contributed by atoms with E-state index in [-0.39, 0.29) is 18.2 Å². The molecule has 1 aliphatic heterocycles. The monoisotopic (exact) mass is 420 g/mol. The smallest absolute Gasteiger partial charge is 0.287 e. The SMILES string of the molecule is CC(C)(C)N(Cc1ccccc1)Cc1ccc(C(=O)NCc2ccc3c(c2)OCO3)o1. The third-order valence-corrected chi connectivity index (χ3v) is 5.29. The molecule has 31 heavy (non-hydrogen) atoms. The van der Waals surface area contributed by atoms with E-state index in [0.717, 1.165) is 23.6 Å². The van der Waals surface area contributed by atoms with Crippen LogP contribution in [-0.2, 0) is 19.6 Å². The third kappa shape index (κ3) is 5.27. The van der Waals surface area contributed by atoms with Gasteiger partial charge in [-0.2, -0.15) is 0 Å². The number of carbonyl (C=O) groups excluding carboxylic acids is 1. The van der Waals surface area contributed by atoms with Gasteiger partial charge in [0.05, 0.1) is 6.54 Å². The predicted molar refractivity (Wildman–Crippen MR) is 118 cm³/mol. The van der Waals surface area contributed by atoms with E-state index in [0.29, 0.717) is 24.6 Å². The summed E-state index contributed by atoms with van der Waals surface area (Å²) < 4.78 is 16.6. The Morgan fingerprint density at radius 3 is 2.48 bits per heavy atom. The average molecular weight is 421 g/mol. The van der Waals surface area contributed by atoms with Crippen molar-refractivity contribution in [2.75, 3.05) is 6.79 Å². The molecule has 0 spiro atoms. The molecular weight excluding hydrogens is 392 g/mol. The largest absolute Gasteiger partial charge is 0.455 e. The number of hydrogen-bond donors (Lipinski definition) is 1. The summed E-state index contributed by atoms with van der Waals surface area (Å²) in [6, 6.07) is 19.6. The minimum Gasteiger partial charge on any atom is -0.455 e. The lowest BCUT2D eigenvalue weighted by molar-refractivity contribution is 0.0903. The summed E-state index contributed by atoms with van der Waals surface area (Å²) in [6.45, 7) is 8.57. The first-order valence-electron chi connectivity index (χ1n) is 10.4. The number of furan rings is 1. The molecule has 162 valence electrons. The quantitative estimate of drug-likeness (QED) is 0.598. The third-order valence-electron chi connectivity index (χ3n) is 5.29. The molecule has 1 aromatic heterocycles. The zero-order chi connectivity index (χ0) is 21.8. The summed E-state index contributed by atoms with van der Waals surface area (Å²) in [6.07, 6.45) is 0. The van der Waals surface area contributed by atoms with Crippen molar-refractivity contribution in [2.24, 2.45) is 0 Å². The van der Waals surface area contributed by atoms with E-state index in [1.807, 2.05) is 42.5 Å². The van der Waals surface area contributed by atoms with Crippen molar-refractivity contribution in [3.05, 3.63) is 83.3 Å². The van der Waals surface area contributed by atoms with E-state index in [2.05, 4.69) is 43.1 Å². The van der Waals surface area contributed by atoms with Crippen LogP contribution >= 0.6 is 0 Å². The fourth-order valence-corrected chi connectivity index (χ4v) is 3.43. The van der Waals surface area contributed by atoms with Gasteiger partial charge in [0.15, 0.2) is 17.3 Å². The standard InChI is InChI=1S/C25H28N2O4/c1-25(2,3)27(15-18-7-5-4-6-8-18)16-20-10-12-22(31-20)24(28)26-14-19-9-11-21-23(13-19)30-17-29-21/h4-13H,14-17H2,1-3H3,(H,26,28). The number of nitrogens with zero attached hydrogens (tertiary/aromatic N) is 1. The first-order chi connectivity index (χ1) is 14.9. The fraction of sp³-hybridized carbons (Fsp3) is 0.320. The first kappa shape index (κ1) is 21.0. The van der Waals surface area contributed by atoms with Crippen LogP contribution in [0.4, 0.5) is 0 Å². The Balaban J connectivity index is 1.37. The summed E-state index contributed by atoms with van der Waals surface area (Å²) in [5.41, 5.74) is 2.13. The number of nitrogens with one attached hydrogen (secondary N) is 1. The number of benzene rings is 2. The summed E-state index contributed by atoms with van der Waals surface area (Å²) in [4.78, 5) is 14.9. The van der Waals surface area contributed by atoms with Gasteiger partial charge in [-0.15, -0.1) is 0 Å². The van der Waals surface area contributed by atoms with Gasteiger partial charge >= 0.3 is 0 Å². The Kier molecular flexibility index (Phi) is 6.00. The maximum absolute atomic E-state index is 12.6. The molecular formula is C25H28N2O4. The summed E-state index contributed by atoms with van der Waals surface area (Å²) in [5, 5.41) is 2.90. The normalized spacial score (nSPS) is 12.9. The van der Waals surface area contributed by atoms with E-state index in [9.17, 15) is 4.79 Å². The second-order valence-corrected chi connectivity index (χ2v) is 8.65. The van der Waals surface area contributed by atoms with Crippen LogP contribution in [-0.4, -0.2) is 23.1 Å². The van der Waals surface area contributed by atoms with E-state index in [4.69, 9.17) is 13.9 Å². The van der Waals surface area contributed by atoms with E-state index in [1.54, 1.807) is 6.07 Å². The molecule has 1 aliphatic rings. The maximum atomic E-state index is 12.6. The van der Waals surface area contributed by atoms with Crippen molar-refractivity contribution < 1.29 is 18.7 Å². The number of carbonyl (C=O) groups is 1. The van der Waals surface area contributed by atoms with Crippen molar-refractivity contribution in [1.29, 1.82) is 0 Å². The van der Waals surface area contributed by atoms with Crippen LogP contribution in [0.15, 0.2) is 65.1 Å². The van der Waals surface area contributed by atoms with E-state index >= 15 is 0 Å². The molecule has 0 unspecified atom stereocenters. The molecule has 0 saturated carbocycles. The number of ether oxygens (including phenoxy) is 2. The Hall–Kier alpha value is -3.25. The zero-order valence-electron chi connectivity index (χ0n) is 18.2. The van der Waals surface area contributed by atoms with Gasteiger partial charge < -0.3 is 19.2 Å². The Morgan fingerprint density at radius 1 is 0.935 bits per heavy atom. The van der Waals surface area contributed by atoms with Crippen molar-refractivity contribution >= 4 is 5.91 Å². The van der Waals surface area contributed by atoms with Gasteiger partial charge in [0.25, 0.3) is 5.91 Å². The van der Waals surface area contributed by atoms with Gasteiger partial charge in [-0.1, -0.05) is 36.4 Å². The highest BCUT2D eigenvalue weighted by Crippen LogP contribution is 2.32. The van der Waals surface area contributed by atoms with Gasteiger partial charge in [0, 0.05) is 18.6 Å². The molecule has 1 amide bonds. The van der Waals surface area contributed by atoms with Crippen molar-refractivity contribution in [3.63, 3.8) is 0 Å². The Bertz CT molecular complexity index is 1040. The van der Waals surface area contributed by atoms with E-state index < -0.39 is 0 Å². The Morgan fingerprint density at radius 2 is 1.71 bits per heavy atom. The van der Waals surface area contributed by atoms with Gasteiger partial charge in [-0.05, 0) is 56.2 Å². The van der Waals surface area contributed by atoms with Crippen LogP contribution in [0.5, 0.6) is 11.5 Å². The molecule has 0 bridgehead atoms. The van der Waals surface area contributed by atoms with Crippen LogP contribution in [0.3, 0.4) is 0 Å². The summed E-state index contributed by atoms with van der Waals surface area (Å²) >= 11 is 0. The molecule has 0 saturated heterocycles. The highest BCUT2D eigenvalue weighted by atomic mass is 16.7. The molecule has 1 N–H and O–H groups in total. The number of amides is 1. The predicted octanol–water partition coefficient (Wildman–Crippen LogP) is 4.74. The lowest BCUT2D eigenvalue weighted by Gasteiger charge is -2.35. The lowest BCUT2D eigenvalue weighted by Crippen LogP contribution is -2.40. The lowest BCUT2D eigenvalue weighted by atomic mass is 10.0. The molecule has 0 fully saturated rings. The molecule has 0 atom stereocenters. The van der Waals surface area contributed by atoms with Crippen LogP contribution in [0.1, 0.15) is 48.2 Å². The number of rotatable bonds is 7. The van der Waals surface area contributed by atoms with Gasteiger partial charge in [0.2, 0.25) is 6.79 Å². The molecule has 4 rings (SSSR count). The molecule has 0 radical (unpaired) electrons. The fourth-order valence-electron chi connectivity index (χ4n) is 3.43. The van der Waals surface area contributed by atoms with Gasteiger partial charge in [-0.25, -0.2) is 0 Å². The van der Waals surface area contributed by atoms with Crippen molar-refractivity contribution in [1.82, 2.24) is 10.2 Å². The molecule has 6 heteroatoms. The van der Waals surface area contributed by atoms with Crippen LogP contribution in [0, 0.1) is 0 Å². The second kappa shape index (κ2) is 8.86. The second-order valence-electron chi connectivity index (χ2n) is 8.65. The highest BCUT2D eigenvalue weighted by Gasteiger charge is 2.23. The van der Waals surface area contributed by atoms with Crippen LogP contribution < -0.4 is 14.8 Å². The molecule has 6 nitrogen and oxygen atoms in total. The molecule has 0 aliphatic carbocycles. The van der Waals surface area contributed by atoms with Gasteiger partial charge in [-0.3, -0.25) is 9.69 Å². The molecule has 2 aromatic carbocycles. The number of fused-ring (bicyclic) bond motifs is 1. The van der Waals surface area contributed by atoms with Crippen molar-refractivity contribution in [2.45, 2.75) is 45.9 Å². The topological polar surface area (TPSA) is 63.9 Å². The summed E-state index contributed by atoms with van der Waals surface area (Å²) in [5.74, 6) is 2.26. The minimum absolute atomic E-state index is 0.0512. The Labute approximate surface area is 182 Å². The average Bonchev–Trinajstić information content (AvgIpc) is 3.41. The van der Waals surface area contributed by atoms with Crippen LogP contribution in [0.2, 0.25) is 0 Å². The van der Waals surface area contributed by atoms with E-state index in [1.165, 1.54) is 5.56 Å². The first-order valence-corrected chi connectivity index (χ1v) is 10.4. The zero-order valence-corrected chi connectivity index (χ0v) is 18.2. The number of hydrogen-bond acceptors (Lipinski definition) is 5. The van der Waals surface area contributed by atoms with Crippen molar-refractivity contribution in [3.8, 4) is 11.5 Å². The minimum atomic E-state index is -0.241. The summed E-state index contributed by atoms with van der Waals surface area (Å²) in [7, 11) is 0. The molecule has 2 heterocycles. The van der Waals surface area contributed by atoms with Gasteiger partial charge in [0.1, 0.15) is 5.76 Å². The molecule has 3 aromatic rings. The highest BCUT2D eigenvalue weighted by molar-refractivity contribution is 5.91. The maximum Gasteiger partial charge on any atom is 0.287 e.